The first-order valence-electron chi connectivity index (χ1n) is 6.09. The molecule has 17 heavy (non-hydrogen) atoms. The summed E-state index contributed by atoms with van der Waals surface area (Å²) in [6.45, 7) is 1.43. The Balaban J connectivity index is 2.26. The molecular weight excluding hydrogens is 220 g/mol. The third kappa shape index (κ3) is 5.34. The van der Waals surface area contributed by atoms with Gasteiger partial charge in [0.2, 0.25) is 5.96 Å². The van der Waals surface area contributed by atoms with Crippen LogP contribution in [0, 0.1) is 0 Å². The van der Waals surface area contributed by atoms with Crippen LogP contribution in [0.5, 0.6) is 0 Å². The van der Waals surface area contributed by atoms with Crippen LogP contribution in [0.25, 0.3) is 0 Å². The van der Waals surface area contributed by atoms with Crippen LogP contribution in [0.3, 0.4) is 0 Å². The molecule has 100 valence electrons. The molecule has 0 aliphatic heterocycles. The van der Waals surface area contributed by atoms with Gasteiger partial charge in [0, 0.05) is 33.4 Å². The van der Waals surface area contributed by atoms with E-state index in [1.165, 1.54) is 0 Å². The maximum Gasteiger partial charge on any atom is 0.205 e. The van der Waals surface area contributed by atoms with E-state index in [-0.39, 0.29) is 0 Å². The molecule has 2 atom stereocenters. The van der Waals surface area contributed by atoms with Crippen molar-refractivity contribution in [3.8, 4) is 0 Å². The van der Waals surface area contributed by atoms with Crippen molar-refractivity contribution in [2.75, 3.05) is 27.4 Å². The van der Waals surface area contributed by atoms with Gasteiger partial charge in [-0.25, -0.2) is 5.84 Å². The average molecular weight is 244 g/mol. The zero-order chi connectivity index (χ0) is 12.5. The van der Waals surface area contributed by atoms with Gasteiger partial charge in [-0.1, -0.05) is 0 Å². The van der Waals surface area contributed by atoms with E-state index >= 15 is 0 Å². The number of ether oxygens (including phenoxy) is 2. The van der Waals surface area contributed by atoms with Crippen molar-refractivity contribution in [1.29, 1.82) is 0 Å². The smallest absolute Gasteiger partial charge is 0.205 e. The minimum atomic E-state index is 0.361. The molecule has 6 heteroatoms. The van der Waals surface area contributed by atoms with Gasteiger partial charge in [-0.05, 0) is 25.7 Å². The van der Waals surface area contributed by atoms with Crippen molar-refractivity contribution in [3.63, 3.8) is 0 Å². The highest BCUT2D eigenvalue weighted by Crippen LogP contribution is 2.21. The normalized spacial score (nSPS) is 25.0. The van der Waals surface area contributed by atoms with Gasteiger partial charge < -0.3 is 14.8 Å². The molecule has 0 radical (unpaired) electrons. The molecule has 0 bridgehead atoms. The minimum absolute atomic E-state index is 0.361. The fraction of sp³-hybridized carbons (Fsp3) is 0.909. The van der Waals surface area contributed by atoms with Gasteiger partial charge in [0.15, 0.2) is 0 Å². The summed E-state index contributed by atoms with van der Waals surface area (Å²) < 4.78 is 10.3. The molecular formula is C11H24N4O2. The van der Waals surface area contributed by atoms with Crippen LogP contribution in [-0.4, -0.2) is 45.5 Å². The van der Waals surface area contributed by atoms with Crippen molar-refractivity contribution < 1.29 is 9.47 Å². The quantitative estimate of drug-likeness (QED) is 0.201. The number of guanidine groups is 1. The molecule has 0 heterocycles. The number of nitrogens with zero attached hydrogens (tertiary/aromatic N) is 1. The molecule has 1 rings (SSSR count). The molecule has 1 aliphatic rings. The Morgan fingerprint density at radius 2 is 2.24 bits per heavy atom. The predicted octanol–water partition coefficient (Wildman–Crippen LogP) is -0.000700. The molecule has 0 amide bonds. The highest BCUT2D eigenvalue weighted by atomic mass is 16.5. The molecule has 4 N–H and O–H groups in total. The Bertz CT molecular complexity index is 236. The topological polar surface area (TPSA) is 80.9 Å². The highest BCUT2D eigenvalue weighted by Gasteiger charge is 2.24. The molecule has 1 fully saturated rings. The second-order valence-corrected chi connectivity index (χ2v) is 4.23. The summed E-state index contributed by atoms with van der Waals surface area (Å²) in [6, 6.07) is 0.400. The van der Waals surface area contributed by atoms with Crippen LogP contribution < -0.4 is 16.6 Å². The maximum atomic E-state index is 5.43. The lowest BCUT2D eigenvalue weighted by atomic mass is 10.2. The molecule has 1 aliphatic carbocycles. The number of nitrogens with one attached hydrogen (secondary N) is 2. The lowest BCUT2D eigenvalue weighted by Crippen LogP contribution is -2.46. The second-order valence-electron chi connectivity index (χ2n) is 4.23. The zero-order valence-corrected chi connectivity index (χ0v) is 10.7. The van der Waals surface area contributed by atoms with E-state index in [2.05, 4.69) is 15.7 Å². The second kappa shape index (κ2) is 8.27. The molecule has 0 spiro atoms. The number of hydrogen-bond donors (Lipinski definition) is 3. The summed E-state index contributed by atoms with van der Waals surface area (Å²) in [5.41, 5.74) is 2.60. The minimum Gasteiger partial charge on any atom is -0.385 e. The van der Waals surface area contributed by atoms with Gasteiger partial charge in [-0.15, -0.1) is 0 Å². The molecule has 0 saturated heterocycles. The van der Waals surface area contributed by atoms with E-state index in [1.807, 2.05) is 0 Å². The van der Waals surface area contributed by atoms with Gasteiger partial charge >= 0.3 is 0 Å². The van der Waals surface area contributed by atoms with Crippen molar-refractivity contribution in [2.45, 2.75) is 37.8 Å². The molecule has 2 unspecified atom stereocenters. The van der Waals surface area contributed by atoms with Crippen molar-refractivity contribution >= 4 is 5.96 Å². The number of nitrogens with two attached hydrogens (primary N) is 1. The van der Waals surface area contributed by atoms with E-state index in [1.54, 1.807) is 14.2 Å². The van der Waals surface area contributed by atoms with Gasteiger partial charge in [0.25, 0.3) is 0 Å². The monoisotopic (exact) mass is 244 g/mol. The average Bonchev–Trinajstić information content (AvgIpc) is 2.80. The number of rotatable bonds is 6. The molecule has 0 aromatic rings. The maximum absolute atomic E-state index is 5.43. The fourth-order valence-corrected chi connectivity index (χ4v) is 2.01. The number of methoxy groups -OCH3 is 2. The van der Waals surface area contributed by atoms with Gasteiger partial charge in [0.05, 0.1) is 6.10 Å². The fourth-order valence-electron chi connectivity index (χ4n) is 2.01. The summed E-state index contributed by atoms with van der Waals surface area (Å²) >= 11 is 0. The Labute approximate surface area is 103 Å². The van der Waals surface area contributed by atoms with E-state index < -0.39 is 0 Å². The van der Waals surface area contributed by atoms with E-state index in [4.69, 9.17) is 15.3 Å². The van der Waals surface area contributed by atoms with Gasteiger partial charge in [-0.3, -0.25) is 10.4 Å². The van der Waals surface area contributed by atoms with Gasteiger partial charge in [-0.2, -0.15) is 0 Å². The Morgan fingerprint density at radius 1 is 1.41 bits per heavy atom. The van der Waals surface area contributed by atoms with Gasteiger partial charge in [0.1, 0.15) is 0 Å². The SMILES string of the molecule is COCCCN=C(NN)NC1CCC(OC)C1. The van der Waals surface area contributed by atoms with Crippen LogP contribution in [-0.2, 0) is 9.47 Å². The van der Waals surface area contributed by atoms with Crippen molar-refractivity contribution in [1.82, 2.24) is 10.7 Å². The number of hydrazine groups is 1. The molecule has 6 nitrogen and oxygen atoms in total. The van der Waals surface area contributed by atoms with Crippen molar-refractivity contribution in [3.05, 3.63) is 0 Å². The summed E-state index contributed by atoms with van der Waals surface area (Å²) in [4.78, 5) is 4.34. The van der Waals surface area contributed by atoms with Crippen LogP contribution >= 0.6 is 0 Å². The van der Waals surface area contributed by atoms with E-state index in [0.717, 1.165) is 32.3 Å². The predicted molar refractivity (Wildman–Crippen MR) is 67.7 cm³/mol. The van der Waals surface area contributed by atoms with Crippen LogP contribution in [0.1, 0.15) is 25.7 Å². The summed E-state index contributed by atoms with van der Waals surface area (Å²) in [7, 11) is 3.45. The van der Waals surface area contributed by atoms with E-state index in [9.17, 15) is 0 Å². The first kappa shape index (κ1) is 14.2. The first-order valence-corrected chi connectivity index (χ1v) is 6.09. The Hall–Kier alpha value is -0.850. The molecule has 0 aromatic heterocycles. The number of aliphatic imine (C=N–C) groups is 1. The summed E-state index contributed by atoms with van der Waals surface area (Å²) in [6.07, 6.45) is 4.46. The molecule has 0 aromatic carbocycles. The number of hydrogen-bond acceptors (Lipinski definition) is 4. The van der Waals surface area contributed by atoms with Crippen LogP contribution in [0.15, 0.2) is 4.99 Å². The molecule has 1 saturated carbocycles. The standard InChI is InChI=1S/C11H24N4O2/c1-16-7-3-6-13-11(15-12)14-9-4-5-10(8-9)17-2/h9-10H,3-8,12H2,1-2H3,(H2,13,14,15). The first-order chi connectivity index (χ1) is 8.30. The van der Waals surface area contributed by atoms with E-state index in [0.29, 0.717) is 24.7 Å². The lowest BCUT2D eigenvalue weighted by molar-refractivity contribution is 0.107. The Morgan fingerprint density at radius 3 is 2.82 bits per heavy atom. The Kier molecular flexibility index (Phi) is 6.91. The largest absolute Gasteiger partial charge is 0.385 e. The summed E-state index contributed by atoms with van der Waals surface area (Å²) in [5.74, 6) is 6.08. The highest BCUT2D eigenvalue weighted by molar-refractivity contribution is 5.79. The zero-order valence-electron chi connectivity index (χ0n) is 10.7. The van der Waals surface area contributed by atoms with Crippen molar-refractivity contribution in [2.24, 2.45) is 10.8 Å². The van der Waals surface area contributed by atoms with Crippen LogP contribution in [0.4, 0.5) is 0 Å². The van der Waals surface area contributed by atoms with Crippen LogP contribution in [0.2, 0.25) is 0 Å². The third-order valence-electron chi connectivity index (χ3n) is 2.97. The summed E-state index contributed by atoms with van der Waals surface area (Å²) in [5, 5.41) is 3.30. The lowest BCUT2D eigenvalue weighted by Gasteiger charge is -2.15. The third-order valence-corrected chi connectivity index (χ3v) is 2.97.